The lowest BCUT2D eigenvalue weighted by atomic mass is 10.2. The number of aromatic nitrogens is 3. The smallest absolute Gasteiger partial charge is 0.343 e. The second kappa shape index (κ2) is 5.64. The van der Waals surface area contributed by atoms with E-state index in [9.17, 15) is 18.4 Å². The van der Waals surface area contributed by atoms with Gasteiger partial charge in [-0.2, -0.15) is 5.10 Å². The van der Waals surface area contributed by atoms with E-state index in [0.717, 1.165) is 12.1 Å². The van der Waals surface area contributed by atoms with Crippen LogP contribution in [0.15, 0.2) is 23.0 Å². The Labute approximate surface area is 112 Å². The van der Waals surface area contributed by atoms with E-state index < -0.39 is 17.5 Å². The molecular weight excluding hydrogens is 270 g/mol. The van der Waals surface area contributed by atoms with E-state index in [-0.39, 0.29) is 17.8 Å². The van der Waals surface area contributed by atoms with Crippen LogP contribution >= 0.6 is 0 Å². The first-order valence-corrected chi connectivity index (χ1v) is 5.82. The number of carbonyl (C=O) groups is 1. The molecule has 0 bridgehead atoms. The van der Waals surface area contributed by atoms with Crippen molar-refractivity contribution in [3.8, 4) is 0 Å². The number of hydrogen-bond donors (Lipinski definition) is 2. The second-order valence-electron chi connectivity index (χ2n) is 4.13. The fraction of sp³-hybridized carbons (Fsp3) is 0.250. The molecule has 2 N–H and O–H groups in total. The van der Waals surface area contributed by atoms with Gasteiger partial charge in [-0.05, 0) is 12.1 Å². The average molecular weight is 282 g/mol. The monoisotopic (exact) mass is 282 g/mol. The highest BCUT2D eigenvalue weighted by molar-refractivity contribution is 5.94. The van der Waals surface area contributed by atoms with Gasteiger partial charge in [0.1, 0.15) is 17.5 Å². The number of nitrogens with zero attached hydrogens (tertiary/aromatic N) is 2. The number of nitrogens with one attached hydrogen (secondary N) is 2. The summed E-state index contributed by atoms with van der Waals surface area (Å²) in [5.74, 6) is -1.85. The summed E-state index contributed by atoms with van der Waals surface area (Å²) in [6.45, 7) is 0.174. The molecule has 0 aliphatic carbocycles. The van der Waals surface area contributed by atoms with Crippen LogP contribution < -0.4 is 11.0 Å². The molecule has 0 saturated carbocycles. The largest absolute Gasteiger partial charge is 0.351 e. The minimum atomic E-state index is -0.922. The van der Waals surface area contributed by atoms with Gasteiger partial charge in [-0.3, -0.25) is 9.36 Å². The van der Waals surface area contributed by atoms with Crippen molar-refractivity contribution < 1.29 is 13.6 Å². The van der Waals surface area contributed by atoms with Gasteiger partial charge in [0.15, 0.2) is 0 Å². The van der Waals surface area contributed by atoms with Crippen LogP contribution in [-0.2, 0) is 13.5 Å². The van der Waals surface area contributed by atoms with E-state index in [4.69, 9.17) is 0 Å². The van der Waals surface area contributed by atoms with Gasteiger partial charge in [0.05, 0.1) is 5.56 Å². The Kier molecular flexibility index (Phi) is 3.92. The van der Waals surface area contributed by atoms with Crippen LogP contribution in [0.2, 0.25) is 0 Å². The predicted molar refractivity (Wildman–Crippen MR) is 66.2 cm³/mol. The molecule has 1 amide bonds. The Morgan fingerprint density at radius 3 is 2.80 bits per heavy atom. The third kappa shape index (κ3) is 2.90. The van der Waals surface area contributed by atoms with Crippen molar-refractivity contribution in [2.24, 2.45) is 7.05 Å². The van der Waals surface area contributed by atoms with Crippen molar-refractivity contribution in [2.75, 3.05) is 6.54 Å². The summed E-state index contributed by atoms with van der Waals surface area (Å²) >= 11 is 0. The van der Waals surface area contributed by atoms with Crippen LogP contribution in [0.4, 0.5) is 8.78 Å². The van der Waals surface area contributed by atoms with E-state index in [1.165, 1.54) is 4.57 Å². The van der Waals surface area contributed by atoms with Gasteiger partial charge in [0.25, 0.3) is 5.91 Å². The van der Waals surface area contributed by atoms with E-state index in [1.54, 1.807) is 7.05 Å². The molecule has 2 aromatic rings. The quantitative estimate of drug-likeness (QED) is 0.849. The lowest BCUT2D eigenvalue weighted by Gasteiger charge is -2.05. The Morgan fingerprint density at radius 1 is 1.45 bits per heavy atom. The van der Waals surface area contributed by atoms with E-state index >= 15 is 0 Å². The molecule has 1 aromatic carbocycles. The highest BCUT2D eigenvalue weighted by atomic mass is 19.1. The molecular formula is C12H12F2N4O2. The van der Waals surface area contributed by atoms with Crippen molar-refractivity contribution >= 4 is 5.91 Å². The molecule has 2 rings (SSSR count). The van der Waals surface area contributed by atoms with Crippen LogP contribution in [0.5, 0.6) is 0 Å². The zero-order valence-electron chi connectivity index (χ0n) is 10.6. The van der Waals surface area contributed by atoms with Crippen LogP contribution in [-0.4, -0.2) is 27.2 Å². The Bertz CT molecular complexity index is 693. The zero-order valence-corrected chi connectivity index (χ0v) is 10.6. The first-order chi connectivity index (χ1) is 9.49. The Morgan fingerprint density at radius 2 is 2.20 bits per heavy atom. The maximum absolute atomic E-state index is 13.4. The summed E-state index contributed by atoms with van der Waals surface area (Å²) in [4.78, 5) is 22.8. The molecule has 0 atom stereocenters. The zero-order chi connectivity index (χ0) is 14.7. The highest BCUT2D eigenvalue weighted by Gasteiger charge is 2.12. The summed E-state index contributed by atoms with van der Waals surface area (Å²) in [6, 6.07) is 2.73. The van der Waals surface area contributed by atoms with Gasteiger partial charge in [-0.25, -0.2) is 18.7 Å². The minimum absolute atomic E-state index is 0.174. The average Bonchev–Trinajstić information content (AvgIpc) is 2.70. The molecule has 0 spiro atoms. The first-order valence-electron chi connectivity index (χ1n) is 5.82. The Hall–Kier alpha value is -2.51. The van der Waals surface area contributed by atoms with Crippen LogP contribution in [0.3, 0.4) is 0 Å². The van der Waals surface area contributed by atoms with E-state index in [1.807, 2.05) is 0 Å². The maximum Gasteiger partial charge on any atom is 0.343 e. The molecule has 0 saturated heterocycles. The van der Waals surface area contributed by atoms with Gasteiger partial charge >= 0.3 is 5.69 Å². The molecule has 0 aliphatic heterocycles. The molecule has 1 heterocycles. The predicted octanol–water partition coefficient (Wildman–Crippen LogP) is 0.359. The van der Waals surface area contributed by atoms with Crippen LogP contribution in [0, 0.1) is 11.6 Å². The summed E-state index contributed by atoms with van der Waals surface area (Å²) in [5, 5.41) is 8.50. The normalized spacial score (nSPS) is 10.6. The Balaban J connectivity index is 1.95. The highest BCUT2D eigenvalue weighted by Crippen LogP contribution is 2.09. The van der Waals surface area contributed by atoms with Gasteiger partial charge in [0.2, 0.25) is 0 Å². The molecule has 106 valence electrons. The number of H-pyrrole nitrogens is 1. The minimum Gasteiger partial charge on any atom is -0.351 e. The van der Waals surface area contributed by atoms with E-state index in [2.05, 4.69) is 15.5 Å². The second-order valence-corrected chi connectivity index (χ2v) is 4.13. The molecule has 6 nitrogen and oxygen atoms in total. The third-order valence-electron chi connectivity index (χ3n) is 2.78. The van der Waals surface area contributed by atoms with Crippen molar-refractivity contribution in [3.63, 3.8) is 0 Å². The fourth-order valence-electron chi connectivity index (χ4n) is 1.66. The van der Waals surface area contributed by atoms with Gasteiger partial charge in [-0.15, -0.1) is 0 Å². The molecule has 0 fully saturated rings. The lowest BCUT2D eigenvalue weighted by molar-refractivity contribution is 0.0950. The number of carbonyl (C=O) groups excluding carboxylic acids is 1. The van der Waals surface area contributed by atoms with Crippen LogP contribution in [0.1, 0.15) is 16.2 Å². The summed E-state index contributed by atoms with van der Waals surface area (Å²) in [5.41, 5.74) is -0.585. The molecule has 0 unspecified atom stereocenters. The van der Waals surface area contributed by atoms with Crippen molar-refractivity contribution in [1.82, 2.24) is 20.1 Å². The van der Waals surface area contributed by atoms with Gasteiger partial charge < -0.3 is 5.32 Å². The number of aromatic amines is 1. The maximum atomic E-state index is 13.4. The third-order valence-corrected chi connectivity index (χ3v) is 2.78. The van der Waals surface area contributed by atoms with Crippen molar-refractivity contribution in [3.05, 3.63) is 51.7 Å². The van der Waals surface area contributed by atoms with Crippen molar-refractivity contribution in [1.29, 1.82) is 0 Å². The lowest BCUT2D eigenvalue weighted by Crippen LogP contribution is -2.27. The number of hydrogen-bond acceptors (Lipinski definition) is 3. The topological polar surface area (TPSA) is 79.8 Å². The fourth-order valence-corrected chi connectivity index (χ4v) is 1.66. The van der Waals surface area contributed by atoms with Gasteiger partial charge in [0, 0.05) is 26.1 Å². The van der Waals surface area contributed by atoms with Crippen molar-refractivity contribution in [2.45, 2.75) is 6.42 Å². The summed E-state index contributed by atoms with van der Waals surface area (Å²) in [7, 11) is 1.54. The standard InChI is InChI=1S/C12H12F2N4O2/c1-18-10(16-17-12(18)20)4-5-15-11(19)8-3-2-7(13)6-9(8)14/h2-3,6H,4-5H2,1H3,(H,15,19)(H,17,20). The summed E-state index contributed by atoms with van der Waals surface area (Å²) < 4.78 is 27.4. The molecule has 0 radical (unpaired) electrons. The number of rotatable bonds is 4. The molecule has 1 aromatic heterocycles. The SMILES string of the molecule is Cn1c(CCNC(=O)c2ccc(F)cc2F)n[nH]c1=O. The van der Waals surface area contributed by atoms with E-state index in [0.29, 0.717) is 18.3 Å². The number of benzene rings is 1. The van der Waals surface area contributed by atoms with Gasteiger partial charge in [-0.1, -0.05) is 0 Å². The first kappa shape index (κ1) is 13.9. The molecule has 20 heavy (non-hydrogen) atoms. The summed E-state index contributed by atoms with van der Waals surface area (Å²) in [6.07, 6.45) is 0.309. The number of halogens is 2. The van der Waals surface area contributed by atoms with Crippen LogP contribution in [0.25, 0.3) is 0 Å². The molecule has 8 heteroatoms. The molecule has 0 aliphatic rings. The number of amides is 1.